The first-order valence-corrected chi connectivity index (χ1v) is 5.29. The number of aromatic amines is 1. The van der Waals surface area contributed by atoms with Crippen LogP contribution >= 0.6 is 0 Å². The van der Waals surface area contributed by atoms with Gasteiger partial charge in [0.15, 0.2) is 0 Å². The van der Waals surface area contributed by atoms with Crippen LogP contribution in [0.5, 0.6) is 0 Å². The van der Waals surface area contributed by atoms with Crippen LogP contribution in [0.3, 0.4) is 0 Å². The van der Waals surface area contributed by atoms with Crippen molar-refractivity contribution >= 4 is 23.5 Å². The van der Waals surface area contributed by atoms with Gasteiger partial charge in [0.1, 0.15) is 0 Å². The summed E-state index contributed by atoms with van der Waals surface area (Å²) < 4.78 is 0. The van der Waals surface area contributed by atoms with Crippen LogP contribution < -0.4 is 5.32 Å². The molecule has 0 atom stereocenters. The van der Waals surface area contributed by atoms with Crippen LogP contribution in [0.2, 0.25) is 0 Å². The predicted molar refractivity (Wildman–Crippen MR) is 68.8 cm³/mol. The number of anilines is 1. The first-order valence-electron chi connectivity index (χ1n) is 5.29. The molecule has 1 aromatic heterocycles. The third-order valence-corrected chi connectivity index (χ3v) is 2.16. The van der Waals surface area contributed by atoms with Crippen molar-refractivity contribution in [1.82, 2.24) is 4.98 Å². The van der Waals surface area contributed by atoms with Gasteiger partial charge >= 0.3 is 0 Å². The molecule has 4 nitrogen and oxygen atoms in total. The Bertz CT molecular complexity index is 512. The molecule has 0 unspecified atom stereocenters. The van der Waals surface area contributed by atoms with E-state index in [0.717, 1.165) is 17.1 Å². The molecule has 2 aromatic rings. The summed E-state index contributed by atoms with van der Waals surface area (Å²) >= 11 is 0. The summed E-state index contributed by atoms with van der Waals surface area (Å²) in [6.07, 6.45) is 3.61. The monoisotopic (exact) mass is 227 g/mol. The lowest BCUT2D eigenvalue weighted by molar-refractivity contribution is -0.114. The number of hydrogen-bond acceptors (Lipinski definition) is 2. The molecule has 0 fully saturated rings. The molecule has 0 radical (unpaired) electrons. The van der Waals surface area contributed by atoms with Gasteiger partial charge < -0.3 is 10.3 Å². The molecule has 0 saturated carbocycles. The average molecular weight is 227 g/mol. The lowest BCUT2D eigenvalue weighted by atomic mass is 10.3. The van der Waals surface area contributed by atoms with E-state index in [1.54, 1.807) is 6.21 Å². The van der Waals surface area contributed by atoms with E-state index < -0.39 is 0 Å². The summed E-state index contributed by atoms with van der Waals surface area (Å²) in [7, 11) is 0. The highest BCUT2D eigenvalue weighted by Crippen LogP contribution is 2.16. The zero-order chi connectivity index (χ0) is 12.1. The highest BCUT2D eigenvalue weighted by molar-refractivity contribution is 5.88. The Morgan fingerprint density at radius 1 is 1.29 bits per heavy atom. The number of carbonyl (C=O) groups excluding carboxylic acids is 1. The van der Waals surface area contributed by atoms with Crippen molar-refractivity contribution in [2.45, 2.75) is 6.92 Å². The number of benzene rings is 1. The second-order valence-corrected chi connectivity index (χ2v) is 3.61. The highest BCUT2D eigenvalue weighted by atomic mass is 16.1. The largest absolute Gasteiger partial charge is 0.360 e. The van der Waals surface area contributed by atoms with Gasteiger partial charge in [-0.2, -0.15) is 0 Å². The number of H-pyrrole nitrogens is 1. The number of aliphatic imine (C=N–C) groups is 1. The fraction of sp³-hybridized carbons (Fsp3) is 0.0769. The van der Waals surface area contributed by atoms with Gasteiger partial charge in [-0.25, -0.2) is 0 Å². The standard InChI is InChI=1S/C13H13N3O/c1-10(17)16-12-6-4-11(5-7-12)15-9-13-3-2-8-14-13/h2-9,14H,1H3,(H,16,17). The first kappa shape index (κ1) is 11.1. The summed E-state index contributed by atoms with van der Waals surface area (Å²) in [4.78, 5) is 18.2. The van der Waals surface area contributed by atoms with Crippen LogP contribution in [0.4, 0.5) is 11.4 Å². The van der Waals surface area contributed by atoms with Gasteiger partial charge in [0, 0.05) is 18.8 Å². The molecule has 0 saturated heterocycles. The van der Waals surface area contributed by atoms with E-state index in [4.69, 9.17) is 0 Å². The Morgan fingerprint density at radius 2 is 2.06 bits per heavy atom. The summed E-state index contributed by atoms with van der Waals surface area (Å²) in [6, 6.07) is 11.2. The second-order valence-electron chi connectivity index (χ2n) is 3.61. The fourth-order valence-corrected chi connectivity index (χ4v) is 1.40. The summed E-state index contributed by atoms with van der Waals surface area (Å²) in [5, 5.41) is 2.70. The Morgan fingerprint density at radius 3 is 2.65 bits per heavy atom. The van der Waals surface area contributed by atoms with Gasteiger partial charge in [0.05, 0.1) is 17.6 Å². The van der Waals surface area contributed by atoms with E-state index in [0.29, 0.717) is 0 Å². The molecule has 0 spiro atoms. The maximum Gasteiger partial charge on any atom is 0.221 e. The Hall–Kier alpha value is -2.36. The minimum absolute atomic E-state index is 0.0763. The molecular weight excluding hydrogens is 214 g/mol. The van der Waals surface area contributed by atoms with Crippen molar-refractivity contribution in [3.63, 3.8) is 0 Å². The molecule has 2 N–H and O–H groups in total. The van der Waals surface area contributed by atoms with Gasteiger partial charge in [-0.05, 0) is 36.4 Å². The Kier molecular flexibility index (Phi) is 3.35. The van der Waals surface area contributed by atoms with Crippen LogP contribution in [-0.2, 0) is 4.79 Å². The SMILES string of the molecule is CC(=O)Nc1ccc(N=Cc2ccc[nH]2)cc1. The lowest BCUT2D eigenvalue weighted by Gasteiger charge is -2.01. The number of carbonyl (C=O) groups is 1. The number of nitrogens with zero attached hydrogens (tertiary/aromatic N) is 1. The van der Waals surface area contributed by atoms with Crippen LogP contribution in [0.25, 0.3) is 0 Å². The molecule has 4 heteroatoms. The third kappa shape index (κ3) is 3.31. The van der Waals surface area contributed by atoms with Crippen LogP contribution in [0, 0.1) is 0 Å². The number of amides is 1. The van der Waals surface area contributed by atoms with Crippen molar-refractivity contribution in [2.75, 3.05) is 5.32 Å². The molecule has 1 heterocycles. The second kappa shape index (κ2) is 5.12. The van der Waals surface area contributed by atoms with E-state index in [9.17, 15) is 4.79 Å². The number of nitrogens with one attached hydrogen (secondary N) is 2. The summed E-state index contributed by atoms with van der Waals surface area (Å²) in [6.45, 7) is 1.48. The minimum Gasteiger partial charge on any atom is -0.360 e. The molecule has 17 heavy (non-hydrogen) atoms. The molecule has 86 valence electrons. The molecule has 0 bridgehead atoms. The van der Waals surface area contributed by atoms with E-state index in [2.05, 4.69) is 15.3 Å². The average Bonchev–Trinajstić information content (AvgIpc) is 2.80. The molecule has 0 aliphatic rings. The zero-order valence-corrected chi connectivity index (χ0v) is 9.47. The molecule has 2 rings (SSSR count). The molecule has 1 amide bonds. The predicted octanol–water partition coefficient (Wildman–Crippen LogP) is 2.72. The zero-order valence-electron chi connectivity index (χ0n) is 9.47. The van der Waals surface area contributed by atoms with Gasteiger partial charge in [0.25, 0.3) is 0 Å². The fourth-order valence-electron chi connectivity index (χ4n) is 1.40. The van der Waals surface area contributed by atoms with Crippen molar-refractivity contribution in [1.29, 1.82) is 0 Å². The smallest absolute Gasteiger partial charge is 0.221 e. The van der Waals surface area contributed by atoms with Crippen molar-refractivity contribution in [3.05, 3.63) is 48.3 Å². The summed E-state index contributed by atoms with van der Waals surface area (Å²) in [5.74, 6) is -0.0763. The van der Waals surface area contributed by atoms with Crippen LogP contribution in [0.1, 0.15) is 12.6 Å². The van der Waals surface area contributed by atoms with E-state index in [1.165, 1.54) is 6.92 Å². The molecular formula is C13H13N3O. The third-order valence-electron chi connectivity index (χ3n) is 2.16. The van der Waals surface area contributed by atoms with E-state index in [-0.39, 0.29) is 5.91 Å². The number of hydrogen-bond donors (Lipinski definition) is 2. The number of rotatable bonds is 3. The van der Waals surface area contributed by atoms with Gasteiger partial charge in [-0.3, -0.25) is 9.79 Å². The Balaban J connectivity index is 2.05. The maximum atomic E-state index is 10.8. The molecule has 1 aromatic carbocycles. The quantitative estimate of drug-likeness (QED) is 0.778. The van der Waals surface area contributed by atoms with Gasteiger partial charge in [-0.15, -0.1) is 0 Å². The van der Waals surface area contributed by atoms with Gasteiger partial charge in [0.2, 0.25) is 5.91 Å². The Labute approximate surface area is 99.4 Å². The topological polar surface area (TPSA) is 57.2 Å². The molecule has 0 aliphatic heterocycles. The highest BCUT2D eigenvalue weighted by Gasteiger charge is 1.94. The number of aromatic nitrogens is 1. The summed E-state index contributed by atoms with van der Waals surface area (Å²) in [5.41, 5.74) is 2.57. The normalized spacial score (nSPS) is 10.6. The van der Waals surface area contributed by atoms with Crippen molar-refractivity contribution < 1.29 is 4.79 Å². The first-order chi connectivity index (χ1) is 8.24. The van der Waals surface area contributed by atoms with E-state index in [1.807, 2.05) is 42.6 Å². The maximum absolute atomic E-state index is 10.8. The van der Waals surface area contributed by atoms with Crippen LogP contribution in [0.15, 0.2) is 47.6 Å². The molecule has 0 aliphatic carbocycles. The van der Waals surface area contributed by atoms with Gasteiger partial charge in [-0.1, -0.05) is 0 Å². The van der Waals surface area contributed by atoms with Crippen molar-refractivity contribution in [2.24, 2.45) is 4.99 Å². The lowest BCUT2D eigenvalue weighted by Crippen LogP contribution is -2.04. The van der Waals surface area contributed by atoms with Crippen molar-refractivity contribution in [3.8, 4) is 0 Å². The minimum atomic E-state index is -0.0763. The van der Waals surface area contributed by atoms with E-state index >= 15 is 0 Å². The van der Waals surface area contributed by atoms with Crippen LogP contribution in [-0.4, -0.2) is 17.1 Å².